The fourth-order valence-electron chi connectivity index (χ4n) is 3.25. The lowest BCUT2D eigenvalue weighted by Crippen LogP contribution is -2.07. The van der Waals surface area contributed by atoms with Crippen molar-refractivity contribution in [2.24, 2.45) is 0 Å². The topological polar surface area (TPSA) is 127 Å². The van der Waals surface area contributed by atoms with E-state index in [1.54, 1.807) is 35.0 Å². The van der Waals surface area contributed by atoms with E-state index in [9.17, 15) is 8.78 Å². The van der Waals surface area contributed by atoms with E-state index in [2.05, 4.69) is 14.7 Å². The van der Waals surface area contributed by atoms with E-state index in [1.165, 1.54) is 0 Å². The van der Waals surface area contributed by atoms with Crippen molar-refractivity contribution in [3.05, 3.63) is 78.1 Å². The van der Waals surface area contributed by atoms with Gasteiger partial charge in [-0.25, -0.2) is 15.0 Å². The van der Waals surface area contributed by atoms with Crippen LogP contribution in [0.4, 0.5) is 14.6 Å². The molecule has 0 atom stereocenters. The maximum atomic E-state index is 12.2. The molecule has 0 spiro atoms. The zero-order valence-corrected chi connectivity index (χ0v) is 18.3. The Morgan fingerprint density at radius 3 is 2.53 bits per heavy atom. The van der Waals surface area contributed by atoms with E-state index in [1.807, 2.05) is 24.3 Å². The van der Waals surface area contributed by atoms with Crippen LogP contribution in [0.1, 0.15) is 11.3 Å². The Morgan fingerprint density at radius 1 is 1.09 bits per heavy atom. The number of ether oxygens (including phenoxy) is 1. The fraction of sp³-hybridized carbons (Fsp3) is 0.0870. The van der Waals surface area contributed by atoms with Gasteiger partial charge in [0.2, 0.25) is 5.90 Å². The van der Waals surface area contributed by atoms with Crippen molar-refractivity contribution in [1.82, 2.24) is 19.5 Å². The molecule has 3 aromatic heterocycles. The summed E-state index contributed by atoms with van der Waals surface area (Å²) in [4.78, 5) is 13.4. The number of benzene rings is 1. The molecule has 0 aliphatic rings. The first kappa shape index (κ1) is 23.0. The predicted molar refractivity (Wildman–Crippen MR) is 127 cm³/mol. The molecule has 0 unspecified atom stereocenters. The number of hydrogen-bond donors (Lipinski definition) is 3. The number of nitrogens with one attached hydrogen (secondary N) is 2. The van der Waals surface area contributed by atoms with E-state index < -0.39 is 12.5 Å². The summed E-state index contributed by atoms with van der Waals surface area (Å²) in [6.07, 6.45) is 3.71. The van der Waals surface area contributed by atoms with Crippen molar-refractivity contribution in [2.45, 2.75) is 12.5 Å². The van der Waals surface area contributed by atoms with Crippen LogP contribution in [0.25, 0.3) is 28.2 Å². The van der Waals surface area contributed by atoms with Crippen LogP contribution in [0.2, 0.25) is 0 Å². The molecule has 172 valence electrons. The third-order valence-electron chi connectivity index (χ3n) is 4.83. The highest BCUT2D eigenvalue weighted by molar-refractivity contribution is 6.17. The third kappa shape index (κ3) is 4.76. The number of rotatable bonds is 7. The Kier molecular flexibility index (Phi) is 6.60. The molecule has 0 fully saturated rings. The zero-order chi connectivity index (χ0) is 24.2. The smallest absolute Gasteiger partial charge is 0.388 e. The van der Waals surface area contributed by atoms with Crippen molar-refractivity contribution in [1.29, 1.82) is 10.8 Å². The molecule has 8 nitrogen and oxygen atoms in total. The number of anilines is 1. The van der Waals surface area contributed by atoms with Crippen LogP contribution in [0.3, 0.4) is 0 Å². The lowest BCUT2D eigenvalue weighted by Gasteiger charge is -2.11. The van der Waals surface area contributed by atoms with Gasteiger partial charge in [-0.05, 0) is 48.0 Å². The summed E-state index contributed by atoms with van der Waals surface area (Å²) in [5.41, 5.74) is 9.55. The van der Waals surface area contributed by atoms with Crippen molar-refractivity contribution in [3.63, 3.8) is 0 Å². The average Bonchev–Trinajstić information content (AvgIpc) is 3.21. The van der Waals surface area contributed by atoms with Crippen molar-refractivity contribution < 1.29 is 13.5 Å². The van der Waals surface area contributed by atoms with Crippen LogP contribution in [0.15, 0.2) is 66.9 Å². The summed E-state index contributed by atoms with van der Waals surface area (Å²) in [5, 5.41) is 15.6. The minimum Gasteiger partial charge on any atom is -0.418 e. The molecule has 11 heteroatoms. The number of fused-ring (bicyclic) bond motifs is 1. The SMILES string of the molecule is N=C(/C=C\C(=N)c1ccc2nc(-c3cccnc3N)n(-c3ccc(CCl)cc3)c2n1)OC(F)F. The van der Waals surface area contributed by atoms with Crippen LogP contribution < -0.4 is 5.73 Å². The van der Waals surface area contributed by atoms with Crippen LogP contribution in [0, 0.1) is 10.8 Å². The molecular weight excluding hydrogens is 464 g/mol. The number of pyridine rings is 2. The minimum atomic E-state index is -3.11. The monoisotopic (exact) mass is 481 g/mol. The maximum Gasteiger partial charge on any atom is 0.388 e. The second-order valence-corrected chi connectivity index (χ2v) is 7.30. The quantitative estimate of drug-likeness (QED) is 0.196. The van der Waals surface area contributed by atoms with Crippen LogP contribution in [-0.2, 0) is 10.6 Å². The van der Waals surface area contributed by atoms with E-state index in [0.717, 1.165) is 23.4 Å². The molecule has 4 aromatic rings. The van der Waals surface area contributed by atoms with Gasteiger partial charge >= 0.3 is 6.61 Å². The van der Waals surface area contributed by atoms with E-state index >= 15 is 0 Å². The number of hydrogen-bond acceptors (Lipinski definition) is 7. The molecule has 0 aliphatic heterocycles. The standard InChI is InChI=1S/C23H18ClF2N7O/c24-12-13-3-5-14(6-4-13)33-21(15-2-1-11-30-20(15)29)32-18-9-8-17(31-22(18)33)16(27)7-10-19(28)34-23(25)26/h1-11,23,27-28H,12H2,(H2,29,30)/b10-7-,27-16?,28-19?. The third-order valence-corrected chi connectivity index (χ3v) is 5.13. The van der Waals surface area contributed by atoms with Crippen LogP contribution in [0.5, 0.6) is 0 Å². The van der Waals surface area contributed by atoms with Crippen molar-refractivity contribution in [3.8, 4) is 17.1 Å². The largest absolute Gasteiger partial charge is 0.418 e. The molecule has 0 saturated heterocycles. The van der Waals surface area contributed by atoms with Crippen molar-refractivity contribution >= 4 is 40.2 Å². The Balaban J connectivity index is 1.84. The van der Waals surface area contributed by atoms with Gasteiger partial charge in [-0.1, -0.05) is 12.1 Å². The molecule has 0 aliphatic carbocycles. The second kappa shape index (κ2) is 9.75. The van der Waals surface area contributed by atoms with Gasteiger partial charge in [-0.2, -0.15) is 8.78 Å². The van der Waals surface area contributed by atoms with E-state index in [0.29, 0.717) is 34.2 Å². The molecule has 3 heterocycles. The number of aromatic nitrogens is 4. The molecule has 4 rings (SSSR count). The molecule has 1 aromatic carbocycles. The number of alkyl halides is 3. The first-order chi connectivity index (χ1) is 16.4. The summed E-state index contributed by atoms with van der Waals surface area (Å²) in [7, 11) is 0. The van der Waals surface area contributed by atoms with Gasteiger partial charge in [0.15, 0.2) is 11.5 Å². The average molecular weight is 482 g/mol. The summed E-state index contributed by atoms with van der Waals surface area (Å²) >= 11 is 5.93. The molecule has 0 bridgehead atoms. The highest BCUT2D eigenvalue weighted by Gasteiger charge is 2.19. The van der Waals surface area contributed by atoms with E-state index in [-0.39, 0.29) is 11.4 Å². The lowest BCUT2D eigenvalue weighted by molar-refractivity contribution is -0.0599. The number of nitrogen functional groups attached to an aromatic ring is 1. The van der Waals surface area contributed by atoms with Crippen LogP contribution in [-0.4, -0.2) is 37.7 Å². The van der Waals surface area contributed by atoms with Crippen molar-refractivity contribution in [2.75, 3.05) is 5.73 Å². The lowest BCUT2D eigenvalue weighted by atomic mass is 10.2. The molecule has 0 radical (unpaired) electrons. The fourth-order valence-corrected chi connectivity index (χ4v) is 3.43. The first-order valence-corrected chi connectivity index (χ1v) is 10.5. The van der Waals surface area contributed by atoms with Gasteiger partial charge in [0, 0.05) is 23.8 Å². The molecule has 34 heavy (non-hydrogen) atoms. The zero-order valence-electron chi connectivity index (χ0n) is 17.5. The first-order valence-electron chi connectivity index (χ1n) is 9.93. The Bertz CT molecular complexity index is 1400. The summed E-state index contributed by atoms with van der Waals surface area (Å²) < 4.78 is 30.2. The molecule has 0 saturated carbocycles. The molecule has 0 amide bonds. The Hall–Kier alpha value is -4.18. The normalized spacial score (nSPS) is 11.4. The summed E-state index contributed by atoms with van der Waals surface area (Å²) in [6, 6.07) is 14.3. The number of nitrogens with zero attached hydrogens (tertiary/aromatic N) is 4. The van der Waals surface area contributed by atoms with E-state index in [4.69, 9.17) is 33.1 Å². The second-order valence-electron chi connectivity index (χ2n) is 7.04. The number of halogens is 3. The highest BCUT2D eigenvalue weighted by Crippen LogP contribution is 2.30. The number of nitrogens with two attached hydrogens (primary N) is 1. The van der Waals surface area contributed by atoms with Gasteiger partial charge in [-0.15, -0.1) is 11.6 Å². The number of imidazole rings is 1. The maximum absolute atomic E-state index is 12.2. The summed E-state index contributed by atoms with van der Waals surface area (Å²) in [5.74, 6) is 0.409. The van der Waals surface area contributed by atoms with Gasteiger partial charge in [0.05, 0.1) is 17.0 Å². The van der Waals surface area contributed by atoms with Gasteiger partial charge < -0.3 is 10.5 Å². The Labute approximate surface area is 197 Å². The van der Waals surface area contributed by atoms with Crippen LogP contribution >= 0.6 is 11.6 Å². The number of allylic oxidation sites excluding steroid dienone is 1. The molecule has 4 N–H and O–H groups in total. The van der Waals surface area contributed by atoms with Gasteiger partial charge in [0.25, 0.3) is 0 Å². The highest BCUT2D eigenvalue weighted by atomic mass is 35.5. The Morgan fingerprint density at radius 2 is 1.85 bits per heavy atom. The summed E-state index contributed by atoms with van der Waals surface area (Å²) in [6.45, 7) is -3.11. The van der Waals surface area contributed by atoms with Gasteiger partial charge in [0.1, 0.15) is 11.3 Å². The predicted octanol–water partition coefficient (Wildman–Crippen LogP) is 4.94. The molecular formula is C23H18ClF2N7O. The minimum absolute atomic E-state index is 0.0998. The van der Waals surface area contributed by atoms with Gasteiger partial charge in [-0.3, -0.25) is 15.4 Å².